The van der Waals surface area contributed by atoms with Gasteiger partial charge in [-0.25, -0.2) is 0 Å². The van der Waals surface area contributed by atoms with Gasteiger partial charge in [-0.2, -0.15) is 0 Å². The largest absolute Gasteiger partial charge is 0.557 e. The maximum absolute atomic E-state index is 5.80. The summed E-state index contributed by atoms with van der Waals surface area (Å²) in [7, 11) is -1.34. The Morgan fingerprint density at radius 3 is 2.12 bits per heavy atom. The summed E-state index contributed by atoms with van der Waals surface area (Å²) in [5, 5.41) is 2.51. The van der Waals surface area contributed by atoms with Crippen molar-refractivity contribution in [1.82, 2.24) is 14.5 Å². The van der Waals surface area contributed by atoms with Gasteiger partial charge in [0.1, 0.15) is 0 Å². The van der Waals surface area contributed by atoms with Crippen LogP contribution in [0.15, 0.2) is 132 Å². The van der Waals surface area contributed by atoms with Crippen LogP contribution in [0.4, 0.5) is 0 Å². The van der Waals surface area contributed by atoms with E-state index in [9.17, 15) is 0 Å². The molecule has 0 amide bonds. The molecule has 0 saturated heterocycles. The van der Waals surface area contributed by atoms with E-state index in [1.807, 2.05) is 36.4 Å². The third kappa shape index (κ3) is 8.89. The van der Waals surface area contributed by atoms with Gasteiger partial charge in [-0.15, -0.1) is 42.0 Å². The van der Waals surface area contributed by atoms with Gasteiger partial charge in [-0.05, 0) is 76.5 Å². The van der Waals surface area contributed by atoms with Crippen molar-refractivity contribution in [1.29, 1.82) is 0 Å². The molecule has 0 atom stereocenters. The molecule has 0 bridgehead atoms. The van der Waals surface area contributed by atoms with E-state index in [-0.39, 0.29) is 25.5 Å². The van der Waals surface area contributed by atoms with Crippen molar-refractivity contribution < 1.29 is 24.5 Å². The number of pyridine rings is 1. The van der Waals surface area contributed by atoms with Gasteiger partial charge in [0.15, 0.2) is 0 Å². The second-order valence-corrected chi connectivity index (χ2v) is 22.1. The number of aryl methyl sites for hydroxylation is 1. The molecule has 3 aromatic heterocycles. The second kappa shape index (κ2) is 16.7. The fourth-order valence-electron chi connectivity index (χ4n) is 7.15. The molecular weight excluding hydrogens is 879 g/mol. The van der Waals surface area contributed by atoms with Crippen molar-refractivity contribution in [3.05, 3.63) is 157 Å². The average Bonchev–Trinajstić information content (AvgIpc) is 3.76. The van der Waals surface area contributed by atoms with Crippen LogP contribution in [0.2, 0.25) is 19.6 Å². The van der Waals surface area contributed by atoms with Gasteiger partial charge in [0.05, 0.1) is 24.9 Å². The smallest absolute Gasteiger partial charge is 0.0798 e. The van der Waals surface area contributed by atoms with Crippen molar-refractivity contribution in [2.75, 3.05) is 0 Å². The van der Waals surface area contributed by atoms with Crippen LogP contribution in [0.3, 0.4) is 0 Å². The molecule has 3 heterocycles. The molecule has 6 heteroatoms. The Morgan fingerprint density at radius 1 is 0.804 bits per heavy atom. The first-order valence-corrected chi connectivity index (χ1v) is 22.8. The molecule has 0 aliphatic rings. The van der Waals surface area contributed by atoms with Gasteiger partial charge < -0.3 is 14.0 Å². The first-order chi connectivity index (χ1) is 26.3. The number of benzene rings is 5. The zero-order valence-electron chi connectivity index (χ0n) is 34.0. The monoisotopic (exact) mass is 930 g/mol. The molecule has 0 N–H and O–H groups in total. The molecule has 4 nitrogen and oxygen atoms in total. The van der Waals surface area contributed by atoms with Gasteiger partial charge in [0.25, 0.3) is 0 Å². The molecule has 5 aromatic carbocycles. The Morgan fingerprint density at radius 2 is 1.48 bits per heavy atom. The van der Waals surface area contributed by atoms with E-state index in [0.29, 0.717) is 5.92 Å². The number of para-hydroxylation sites is 2. The van der Waals surface area contributed by atoms with Gasteiger partial charge in [-0.3, -0.25) is 4.98 Å². The van der Waals surface area contributed by atoms with Crippen LogP contribution in [-0.4, -0.2) is 22.6 Å². The van der Waals surface area contributed by atoms with E-state index in [1.54, 1.807) is 0 Å². The van der Waals surface area contributed by atoms with Crippen LogP contribution in [0.1, 0.15) is 51.3 Å². The Hall–Kier alpha value is -4.87. The normalized spacial score (nSPS) is 11.8. The molecule has 0 unspecified atom stereocenters. The molecule has 0 saturated carbocycles. The number of hydrogen-bond donors (Lipinski definition) is 0. The van der Waals surface area contributed by atoms with E-state index in [0.717, 1.165) is 62.3 Å². The Labute approximate surface area is 347 Å². The molecule has 0 aliphatic carbocycles. The summed E-state index contributed by atoms with van der Waals surface area (Å²) in [4.78, 5) is 9.68. The van der Waals surface area contributed by atoms with Crippen LogP contribution in [0.5, 0.6) is 0 Å². The number of imidazole rings is 1. The van der Waals surface area contributed by atoms with Crippen LogP contribution >= 0.6 is 0 Å². The van der Waals surface area contributed by atoms with Crippen LogP contribution in [-0.2, 0) is 31.9 Å². The van der Waals surface area contributed by atoms with Gasteiger partial charge >= 0.3 is 0 Å². The van der Waals surface area contributed by atoms with E-state index in [2.05, 4.69) is 174 Å². The number of hydrogen-bond acceptors (Lipinski definition) is 3. The Bertz CT molecular complexity index is 2550. The number of furan rings is 1. The van der Waals surface area contributed by atoms with Crippen LogP contribution in [0, 0.1) is 25.2 Å². The first-order valence-electron chi connectivity index (χ1n) is 19.3. The summed E-state index contributed by atoms with van der Waals surface area (Å²) in [6.07, 6.45) is 6.36. The quantitative estimate of drug-likeness (QED) is 0.118. The summed E-state index contributed by atoms with van der Waals surface area (Å²) in [6.45, 7) is 20.5. The Balaban J connectivity index is 0.000000217. The summed E-state index contributed by atoms with van der Waals surface area (Å²) >= 11 is 0. The Kier molecular flexibility index (Phi) is 12.2. The van der Waals surface area contributed by atoms with E-state index >= 15 is 0 Å². The number of rotatable bonds is 7. The van der Waals surface area contributed by atoms with Crippen LogP contribution < -0.4 is 5.19 Å². The maximum atomic E-state index is 5.80. The average molecular weight is 930 g/mol. The zero-order valence-corrected chi connectivity index (χ0v) is 37.4. The molecule has 8 aromatic rings. The number of aromatic nitrogens is 3. The van der Waals surface area contributed by atoms with E-state index < -0.39 is 8.07 Å². The molecular formula is C50H51IrN3OSi-2. The predicted molar refractivity (Wildman–Crippen MR) is 234 cm³/mol. The molecule has 56 heavy (non-hydrogen) atoms. The second-order valence-electron chi connectivity index (χ2n) is 17.1. The summed E-state index contributed by atoms with van der Waals surface area (Å²) in [5.74, 6) is 1.50. The van der Waals surface area contributed by atoms with Crippen molar-refractivity contribution in [3.8, 4) is 39.5 Å². The van der Waals surface area contributed by atoms with Gasteiger partial charge in [0.2, 0.25) is 0 Å². The SMILES string of the molecule is CC(C)Cc1cc(-c2[c-]cccc2)ncc1[Si](C)(C)C.Cc1ccc2c(-c3nc4ccccc4n3-c3ccc(-c4ccc(C(C)(C)C)cc4)cc3)[c-]oc2c1.[Ir]. The third-order valence-corrected chi connectivity index (χ3v) is 12.1. The van der Waals surface area contributed by atoms with Crippen LogP contribution in [0.25, 0.3) is 61.5 Å². The fraction of sp³-hybridized carbons (Fsp3) is 0.240. The minimum absolute atomic E-state index is 0. The van der Waals surface area contributed by atoms with Crippen molar-refractivity contribution >= 4 is 35.3 Å². The zero-order chi connectivity index (χ0) is 38.9. The minimum Gasteiger partial charge on any atom is -0.557 e. The molecule has 0 aliphatic heterocycles. The topological polar surface area (TPSA) is 43.9 Å². The fourth-order valence-corrected chi connectivity index (χ4v) is 8.74. The molecule has 0 fully saturated rings. The van der Waals surface area contributed by atoms with Gasteiger partial charge in [-0.1, -0.05) is 143 Å². The standard InChI is InChI=1S/C32H27N2O.C18H24NSi.Ir/c1-21-9-18-26-27(20-35-30(26)19-21)31-33-28-7-5-6-8-29(28)34(31)25-16-12-23(13-17-25)22-10-14-24(15-11-22)32(2,3)4;1-14(2)11-16-12-17(15-9-7-6-8-10-15)19-13-18(16)20(3,4)5;/h5-19H,1-4H3;6-9,12-14H,11H2,1-5H3;/q2*-1;. The molecule has 1 radical (unpaired) electrons. The number of nitrogens with zero attached hydrogens (tertiary/aromatic N) is 3. The molecule has 8 rings (SSSR count). The molecule has 287 valence electrons. The third-order valence-electron chi connectivity index (χ3n) is 10.1. The van der Waals surface area contributed by atoms with E-state index in [1.165, 1.54) is 27.4 Å². The predicted octanol–water partition coefficient (Wildman–Crippen LogP) is 12.8. The van der Waals surface area contributed by atoms with E-state index in [4.69, 9.17) is 9.40 Å². The van der Waals surface area contributed by atoms with Crippen molar-refractivity contribution in [3.63, 3.8) is 0 Å². The summed E-state index contributed by atoms with van der Waals surface area (Å²) in [5.41, 5.74) is 13.4. The minimum atomic E-state index is -1.34. The summed E-state index contributed by atoms with van der Waals surface area (Å²) < 4.78 is 8.00. The molecule has 0 spiro atoms. The number of fused-ring (bicyclic) bond motifs is 2. The van der Waals surface area contributed by atoms with Crippen molar-refractivity contribution in [2.45, 2.75) is 73.0 Å². The van der Waals surface area contributed by atoms with Crippen molar-refractivity contribution in [2.24, 2.45) is 5.92 Å². The van der Waals surface area contributed by atoms with Gasteiger partial charge in [0, 0.05) is 43.8 Å². The maximum Gasteiger partial charge on any atom is 0.0798 e. The summed E-state index contributed by atoms with van der Waals surface area (Å²) in [6, 6.07) is 45.6. The first kappa shape index (κ1) is 40.8.